The second-order valence-corrected chi connectivity index (χ2v) is 7.72. The second kappa shape index (κ2) is 6.48. The molecule has 7 heteroatoms. The van der Waals surface area contributed by atoms with E-state index in [1.54, 1.807) is 33.9 Å². The van der Waals surface area contributed by atoms with Gasteiger partial charge < -0.3 is 13.9 Å². The van der Waals surface area contributed by atoms with Crippen LogP contribution in [-0.4, -0.2) is 29.4 Å². The Morgan fingerprint density at radius 3 is 2.68 bits per heavy atom. The van der Waals surface area contributed by atoms with Crippen molar-refractivity contribution in [2.45, 2.75) is 39.2 Å². The summed E-state index contributed by atoms with van der Waals surface area (Å²) in [6.07, 6.45) is 1.53. The van der Waals surface area contributed by atoms with Crippen LogP contribution in [0.2, 0.25) is 0 Å². The Balaban J connectivity index is 1.82. The molecule has 0 amide bonds. The van der Waals surface area contributed by atoms with Crippen LogP contribution in [0.3, 0.4) is 0 Å². The number of Topliss-reactive ketones (excluding diaryl/α,β-unsaturated/α-hetero) is 1. The number of aromatic nitrogens is 1. The number of carbonyl (C=O) groups is 2. The number of fused-ring (bicyclic) bond motifs is 3. The minimum absolute atomic E-state index is 0.0609. The standard InChI is InChI=1S/C18H19NO5S/c1-18(2,3)24-15(21)6-5-11(20)14-7-10-13(25-14)8-12(22-4)16-17(10)23-9-19-16/h7-9H,5-6H2,1-4H3. The molecule has 0 aliphatic rings. The molecule has 1 aromatic carbocycles. The Hall–Kier alpha value is -2.41. The average Bonchev–Trinajstić information content (AvgIpc) is 3.15. The SMILES string of the molecule is COc1cc2sc(C(=O)CCC(=O)OC(C)(C)C)cc2c2ocnc12. The summed E-state index contributed by atoms with van der Waals surface area (Å²) >= 11 is 1.35. The van der Waals surface area contributed by atoms with Crippen LogP contribution < -0.4 is 4.74 Å². The maximum absolute atomic E-state index is 12.4. The second-order valence-electron chi connectivity index (χ2n) is 6.64. The molecule has 0 radical (unpaired) electrons. The molecule has 132 valence electrons. The number of nitrogens with zero attached hydrogens (tertiary/aromatic N) is 1. The van der Waals surface area contributed by atoms with Crippen molar-refractivity contribution in [1.82, 2.24) is 4.98 Å². The van der Waals surface area contributed by atoms with E-state index in [0.29, 0.717) is 21.7 Å². The highest BCUT2D eigenvalue weighted by Gasteiger charge is 2.20. The smallest absolute Gasteiger partial charge is 0.306 e. The van der Waals surface area contributed by atoms with Gasteiger partial charge in [-0.1, -0.05) is 0 Å². The Morgan fingerprint density at radius 2 is 2.00 bits per heavy atom. The number of rotatable bonds is 5. The lowest BCUT2D eigenvalue weighted by atomic mass is 10.1. The van der Waals surface area contributed by atoms with Gasteiger partial charge in [0.2, 0.25) is 0 Å². The summed E-state index contributed by atoms with van der Waals surface area (Å²) in [6, 6.07) is 3.62. The number of methoxy groups -OCH3 is 1. The number of ketones is 1. The zero-order chi connectivity index (χ0) is 18.2. The third kappa shape index (κ3) is 3.66. The van der Waals surface area contributed by atoms with Crippen molar-refractivity contribution < 1.29 is 23.5 Å². The molecule has 3 aromatic rings. The lowest BCUT2D eigenvalue weighted by Crippen LogP contribution is -2.24. The zero-order valence-corrected chi connectivity index (χ0v) is 15.4. The van der Waals surface area contributed by atoms with Gasteiger partial charge in [0.15, 0.2) is 23.3 Å². The third-order valence-electron chi connectivity index (χ3n) is 3.54. The van der Waals surface area contributed by atoms with Crippen LogP contribution in [0.15, 0.2) is 22.9 Å². The summed E-state index contributed by atoms with van der Waals surface area (Å²) in [5, 5.41) is 0.818. The number of thiophene rings is 1. The van der Waals surface area contributed by atoms with E-state index < -0.39 is 5.60 Å². The van der Waals surface area contributed by atoms with Gasteiger partial charge in [0.1, 0.15) is 11.4 Å². The molecule has 2 heterocycles. The van der Waals surface area contributed by atoms with Crippen LogP contribution in [0.1, 0.15) is 43.3 Å². The lowest BCUT2D eigenvalue weighted by molar-refractivity contribution is -0.154. The summed E-state index contributed by atoms with van der Waals surface area (Å²) in [4.78, 5) is 28.9. The van der Waals surface area contributed by atoms with Gasteiger partial charge in [-0.3, -0.25) is 9.59 Å². The van der Waals surface area contributed by atoms with E-state index in [1.165, 1.54) is 17.7 Å². The molecule has 0 unspecified atom stereocenters. The predicted octanol–water partition coefficient (Wildman–Crippen LogP) is 4.36. The van der Waals surface area contributed by atoms with Gasteiger partial charge in [0.05, 0.1) is 18.4 Å². The largest absolute Gasteiger partial charge is 0.494 e. The van der Waals surface area contributed by atoms with Crippen molar-refractivity contribution in [3.63, 3.8) is 0 Å². The maximum Gasteiger partial charge on any atom is 0.306 e. The topological polar surface area (TPSA) is 78.6 Å². The number of esters is 1. The molecule has 0 N–H and O–H groups in total. The molecular weight excluding hydrogens is 342 g/mol. The van der Waals surface area contributed by atoms with E-state index >= 15 is 0 Å². The molecule has 0 bridgehead atoms. The molecular formula is C18H19NO5S. The summed E-state index contributed by atoms with van der Waals surface area (Å²) < 4.78 is 16.9. The van der Waals surface area contributed by atoms with Gasteiger partial charge in [-0.05, 0) is 26.8 Å². The van der Waals surface area contributed by atoms with Crippen molar-refractivity contribution in [3.8, 4) is 5.75 Å². The fraction of sp³-hybridized carbons (Fsp3) is 0.389. The van der Waals surface area contributed by atoms with Gasteiger partial charge >= 0.3 is 5.97 Å². The van der Waals surface area contributed by atoms with Gasteiger partial charge in [-0.2, -0.15) is 0 Å². The molecule has 25 heavy (non-hydrogen) atoms. The van der Waals surface area contributed by atoms with E-state index in [1.807, 2.05) is 6.07 Å². The number of oxazole rings is 1. The summed E-state index contributed by atoms with van der Waals surface area (Å²) in [7, 11) is 1.57. The summed E-state index contributed by atoms with van der Waals surface area (Å²) in [5.41, 5.74) is 0.670. The maximum atomic E-state index is 12.4. The molecule has 0 fully saturated rings. The van der Waals surface area contributed by atoms with Gasteiger partial charge in [0, 0.05) is 22.6 Å². The first-order valence-electron chi connectivity index (χ1n) is 7.87. The first-order valence-corrected chi connectivity index (χ1v) is 8.69. The van der Waals surface area contributed by atoms with Crippen LogP contribution in [0.5, 0.6) is 5.75 Å². The number of carbonyl (C=O) groups excluding carboxylic acids is 2. The minimum Gasteiger partial charge on any atom is -0.494 e. The van der Waals surface area contributed by atoms with Crippen molar-refractivity contribution >= 4 is 44.3 Å². The Morgan fingerprint density at radius 1 is 1.24 bits per heavy atom. The predicted molar refractivity (Wildman–Crippen MR) is 95.4 cm³/mol. The molecule has 6 nitrogen and oxygen atoms in total. The molecule has 3 rings (SSSR count). The Labute approximate surface area is 148 Å². The quantitative estimate of drug-likeness (QED) is 0.496. The molecule has 0 spiro atoms. The fourth-order valence-electron chi connectivity index (χ4n) is 2.51. The first kappa shape index (κ1) is 17.4. The van der Waals surface area contributed by atoms with Crippen molar-refractivity contribution in [2.24, 2.45) is 0 Å². The first-order chi connectivity index (χ1) is 11.8. The number of ether oxygens (including phenoxy) is 2. The minimum atomic E-state index is -0.549. The van der Waals surface area contributed by atoms with Gasteiger partial charge in [-0.25, -0.2) is 4.98 Å². The molecule has 0 aliphatic carbocycles. The van der Waals surface area contributed by atoms with Gasteiger partial charge in [-0.15, -0.1) is 11.3 Å². The number of hydrogen-bond acceptors (Lipinski definition) is 7. The summed E-state index contributed by atoms with van der Waals surface area (Å²) in [6.45, 7) is 5.40. The van der Waals surface area contributed by atoms with Crippen LogP contribution in [0.25, 0.3) is 21.2 Å². The molecule has 0 saturated heterocycles. The lowest BCUT2D eigenvalue weighted by Gasteiger charge is -2.19. The van der Waals surface area contributed by atoms with Crippen molar-refractivity contribution in [3.05, 3.63) is 23.4 Å². The van der Waals surface area contributed by atoms with E-state index in [2.05, 4.69) is 4.98 Å². The van der Waals surface area contributed by atoms with Gasteiger partial charge in [0.25, 0.3) is 0 Å². The number of benzene rings is 1. The molecule has 0 aliphatic heterocycles. The van der Waals surface area contributed by atoms with Crippen LogP contribution in [-0.2, 0) is 9.53 Å². The monoisotopic (exact) mass is 361 g/mol. The van der Waals surface area contributed by atoms with Crippen LogP contribution in [0, 0.1) is 0 Å². The van der Waals surface area contributed by atoms with E-state index in [4.69, 9.17) is 13.9 Å². The van der Waals surface area contributed by atoms with E-state index in [0.717, 1.165) is 10.1 Å². The fourth-order valence-corrected chi connectivity index (χ4v) is 3.57. The van der Waals surface area contributed by atoms with Crippen molar-refractivity contribution in [1.29, 1.82) is 0 Å². The van der Waals surface area contributed by atoms with E-state index in [9.17, 15) is 9.59 Å². The van der Waals surface area contributed by atoms with Crippen LogP contribution in [0.4, 0.5) is 0 Å². The van der Waals surface area contributed by atoms with Crippen LogP contribution >= 0.6 is 11.3 Å². The van der Waals surface area contributed by atoms with Crippen molar-refractivity contribution in [2.75, 3.05) is 7.11 Å². The molecule has 0 saturated carbocycles. The molecule has 2 aromatic heterocycles. The Kier molecular flexibility index (Phi) is 4.51. The zero-order valence-electron chi connectivity index (χ0n) is 14.5. The normalized spacial score (nSPS) is 11.8. The van der Waals surface area contributed by atoms with E-state index in [-0.39, 0.29) is 24.6 Å². The number of hydrogen-bond donors (Lipinski definition) is 0. The third-order valence-corrected chi connectivity index (χ3v) is 4.66. The highest BCUT2D eigenvalue weighted by atomic mass is 32.1. The highest BCUT2D eigenvalue weighted by Crippen LogP contribution is 2.37. The summed E-state index contributed by atoms with van der Waals surface area (Å²) in [5.74, 6) is 0.130. The molecule has 0 atom stereocenters. The average molecular weight is 361 g/mol. The Bertz CT molecular complexity index is 948. The highest BCUT2D eigenvalue weighted by molar-refractivity contribution is 7.21.